The Morgan fingerprint density at radius 2 is 2.10 bits per heavy atom. The number of thiophene rings is 1. The molecule has 1 N–H and O–H groups in total. The Morgan fingerprint density at radius 1 is 1.27 bits per heavy atom. The van der Waals surface area contributed by atoms with E-state index in [-0.39, 0.29) is 17.2 Å². The van der Waals surface area contributed by atoms with E-state index in [0.717, 1.165) is 25.3 Å². The number of nitrogens with zero attached hydrogens (tertiary/aromatic N) is 3. The van der Waals surface area contributed by atoms with Gasteiger partial charge in [0.25, 0.3) is 5.56 Å². The number of amides is 1. The van der Waals surface area contributed by atoms with E-state index in [4.69, 9.17) is 0 Å². The van der Waals surface area contributed by atoms with Gasteiger partial charge in [0.1, 0.15) is 4.70 Å². The molecule has 3 aromatic rings. The first-order valence-corrected chi connectivity index (χ1v) is 13.0. The van der Waals surface area contributed by atoms with Crippen molar-refractivity contribution in [1.82, 2.24) is 14.5 Å². The Kier molecular flexibility index (Phi) is 7.14. The van der Waals surface area contributed by atoms with Crippen LogP contribution in [0.4, 0.5) is 5.69 Å². The number of rotatable bonds is 7. The van der Waals surface area contributed by atoms with Crippen LogP contribution in [0, 0.1) is 0 Å². The molecule has 9 heteroatoms. The van der Waals surface area contributed by atoms with Crippen molar-refractivity contribution in [3.05, 3.63) is 51.6 Å². The van der Waals surface area contributed by atoms with Crippen LogP contribution >= 0.6 is 34.9 Å². The van der Waals surface area contributed by atoms with Crippen LogP contribution in [-0.4, -0.2) is 50.7 Å². The maximum atomic E-state index is 12.6. The molecule has 0 atom stereocenters. The quantitative estimate of drug-likeness (QED) is 0.428. The minimum absolute atomic E-state index is 0.0378. The highest BCUT2D eigenvalue weighted by atomic mass is 32.2. The molecule has 0 aliphatic carbocycles. The third kappa shape index (κ3) is 5.08. The van der Waals surface area contributed by atoms with Crippen LogP contribution in [0.15, 0.2) is 45.7 Å². The van der Waals surface area contributed by atoms with Crippen LogP contribution < -0.4 is 10.9 Å². The largest absolute Gasteiger partial charge is 0.325 e. The van der Waals surface area contributed by atoms with Gasteiger partial charge in [-0.3, -0.25) is 19.1 Å². The highest BCUT2D eigenvalue weighted by Crippen LogP contribution is 2.21. The first-order valence-electron chi connectivity index (χ1n) is 9.94. The predicted octanol–water partition coefficient (Wildman–Crippen LogP) is 3.76. The topological polar surface area (TPSA) is 67.2 Å². The van der Waals surface area contributed by atoms with E-state index >= 15 is 0 Å². The standard InChI is InChI=1S/C21H24N4O2S3/c1-2-25-20(27)19-17(6-9-29-19)23-21(25)30-14-18(26)22-16-5-3-4-15(12-16)13-24-7-10-28-11-8-24/h3-6,9,12H,2,7-8,10-11,13-14H2,1H3,(H,22,26). The van der Waals surface area contributed by atoms with Crippen LogP contribution in [0.25, 0.3) is 10.2 Å². The average Bonchev–Trinajstić information content (AvgIpc) is 3.22. The first-order chi connectivity index (χ1) is 14.6. The summed E-state index contributed by atoms with van der Waals surface area (Å²) in [7, 11) is 0. The maximum absolute atomic E-state index is 12.6. The lowest BCUT2D eigenvalue weighted by atomic mass is 10.2. The second kappa shape index (κ2) is 10.00. The molecule has 1 fully saturated rings. The van der Waals surface area contributed by atoms with Gasteiger partial charge >= 0.3 is 0 Å². The molecule has 158 valence electrons. The Bertz CT molecular complexity index is 1090. The molecule has 0 bridgehead atoms. The molecular weight excluding hydrogens is 436 g/mol. The maximum Gasteiger partial charge on any atom is 0.272 e. The molecule has 1 amide bonds. The fraction of sp³-hybridized carbons (Fsp3) is 0.381. The van der Waals surface area contributed by atoms with E-state index in [9.17, 15) is 9.59 Å². The Hall–Kier alpha value is -1.81. The second-order valence-corrected chi connectivity index (χ2v) is 10.1. The molecule has 0 saturated carbocycles. The van der Waals surface area contributed by atoms with Gasteiger partial charge in [0.05, 0.1) is 11.3 Å². The molecule has 0 unspecified atom stereocenters. The van der Waals surface area contributed by atoms with Crippen LogP contribution in [0.5, 0.6) is 0 Å². The number of fused-ring (bicyclic) bond motifs is 1. The molecule has 1 aliphatic heterocycles. The smallest absolute Gasteiger partial charge is 0.272 e. The van der Waals surface area contributed by atoms with Gasteiger partial charge in [0, 0.05) is 43.4 Å². The summed E-state index contributed by atoms with van der Waals surface area (Å²) in [5.41, 5.74) is 2.67. The molecule has 2 aromatic heterocycles. The van der Waals surface area contributed by atoms with E-state index in [1.165, 1.54) is 40.2 Å². The molecule has 0 spiro atoms. The highest BCUT2D eigenvalue weighted by molar-refractivity contribution is 7.99. The first kappa shape index (κ1) is 21.4. The Balaban J connectivity index is 1.39. The highest BCUT2D eigenvalue weighted by Gasteiger charge is 2.14. The van der Waals surface area contributed by atoms with Crippen molar-refractivity contribution in [3.63, 3.8) is 0 Å². The molecule has 1 saturated heterocycles. The van der Waals surface area contributed by atoms with E-state index in [2.05, 4.69) is 21.3 Å². The van der Waals surface area contributed by atoms with Crippen molar-refractivity contribution < 1.29 is 4.79 Å². The third-order valence-electron chi connectivity index (χ3n) is 4.90. The molecule has 0 radical (unpaired) electrons. The van der Waals surface area contributed by atoms with Gasteiger partial charge in [0.2, 0.25) is 5.91 Å². The zero-order valence-electron chi connectivity index (χ0n) is 16.8. The van der Waals surface area contributed by atoms with E-state index in [0.29, 0.717) is 21.9 Å². The summed E-state index contributed by atoms with van der Waals surface area (Å²) in [5, 5.41) is 5.43. The molecule has 30 heavy (non-hydrogen) atoms. The average molecular weight is 461 g/mol. The van der Waals surface area contributed by atoms with Gasteiger partial charge < -0.3 is 5.32 Å². The number of carbonyl (C=O) groups is 1. The van der Waals surface area contributed by atoms with E-state index in [1.54, 1.807) is 4.57 Å². The van der Waals surface area contributed by atoms with E-state index < -0.39 is 0 Å². The van der Waals surface area contributed by atoms with Crippen molar-refractivity contribution >= 4 is 56.7 Å². The normalized spacial score (nSPS) is 14.8. The number of thioether (sulfide) groups is 2. The fourth-order valence-electron chi connectivity index (χ4n) is 3.40. The lowest BCUT2D eigenvalue weighted by Gasteiger charge is -2.26. The SMILES string of the molecule is CCn1c(SCC(=O)Nc2cccc(CN3CCSCC3)c2)nc2ccsc2c1=O. The molecule has 3 heterocycles. The zero-order valence-corrected chi connectivity index (χ0v) is 19.2. The van der Waals surface area contributed by atoms with Gasteiger partial charge in [0.15, 0.2) is 5.16 Å². The Labute approximate surface area is 188 Å². The fourth-order valence-corrected chi connectivity index (χ4v) is 6.02. The number of anilines is 1. The summed E-state index contributed by atoms with van der Waals surface area (Å²) in [5.74, 6) is 2.47. The molecule has 6 nitrogen and oxygen atoms in total. The van der Waals surface area contributed by atoms with Crippen molar-refractivity contribution in [2.75, 3.05) is 35.7 Å². The van der Waals surface area contributed by atoms with Gasteiger partial charge in [-0.2, -0.15) is 11.8 Å². The van der Waals surface area contributed by atoms with Gasteiger partial charge in [-0.1, -0.05) is 23.9 Å². The monoisotopic (exact) mass is 460 g/mol. The summed E-state index contributed by atoms with van der Waals surface area (Å²) < 4.78 is 2.30. The van der Waals surface area contributed by atoms with Crippen molar-refractivity contribution in [2.24, 2.45) is 0 Å². The summed E-state index contributed by atoms with van der Waals surface area (Å²) >= 11 is 4.70. The number of hydrogen-bond donors (Lipinski definition) is 1. The lowest BCUT2D eigenvalue weighted by molar-refractivity contribution is -0.113. The third-order valence-corrected chi connectivity index (χ3v) is 7.71. The van der Waals surface area contributed by atoms with Crippen molar-refractivity contribution in [1.29, 1.82) is 0 Å². The summed E-state index contributed by atoms with van der Waals surface area (Å²) in [6.45, 7) is 5.57. The van der Waals surface area contributed by atoms with Crippen LogP contribution in [0.2, 0.25) is 0 Å². The Morgan fingerprint density at radius 3 is 2.90 bits per heavy atom. The van der Waals surface area contributed by atoms with Gasteiger partial charge in [-0.15, -0.1) is 11.3 Å². The number of benzene rings is 1. The predicted molar refractivity (Wildman–Crippen MR) is 128 cm³/mol. The number of hydrogen-bond acceptors (Lipinski definition) is 7. The summed E-state index contributed by atoms with van der Waals surface area (Å²) in [6, 6.07) is 9.89. The minimum Gasteiger partial charge on any atom is -0.325 e. The van der Waals surface area contributed by atoms with Crippen LogP contribution in [0.1, 0.15) is 12.5 Å². The van der Waals surface area contributed by atoms with Gasteiger partial charge in [-0.25, -0.2) is 4.98 Å². The van der Waals surface area contributed by atoms with Crippen molar-refractivity contribution in [3.8, 4) is 0 Å². The molecule has 1 aromatic carbocycles. The van der Waals surface area contributed by atoms with Crippen LogP contribution in [0.3, 0.4) is 0 Å². The molecule has 4 rings (SSSR count). The second-order valence-electron chi connectivity index (χ2n) is 7.00. The lowest BCUT2D eigenvalue weighted by Crippen LogP contribution is -2.31. The van der Waals surface area contributed by atoms with Gasteiger partial charge in [-0.05, 0) is 36.1 Å². The summed E-state index contributed by atoms with van der Waals surface area (Å²) in [6.07, 6.45) is 0. The minimum atomic E-state index is -0.103. The van der Waals surface area contributed by atoms with E-state index in [1.807, 2.05) is 48.3 Å². The molecule has 1 aliphatic rings. The zero-order chi connectivity index (χ0) is 20.9. The summed E-state index contributed by atoms with van der Waals surface area (Å²) in [4.78, 5) is 32.1. The van der Waals surface area contributed by atoms with Crippen LogP contribution in [-0.2, 0) is 17.9 Å². The number of nitrogens with one attached hydrogen (secondary N) is 1. The number of carbonyl (C=O) groups excluding carboxylic acids is 1. The van der Waals surface area contributed by atoms with Crippen molar-refractivity contribution in [2.45, 2.75) is 25.2 Å². The number of aromatic nitrogens is 2. The molecular formula is C21H24N4O2S3.